The fraction of sp³-hybridized carbons (Fsp3) is 0.533. The molecule has 1 aliphatic heterocycles. The monoisotopic (exact) mass is 280 g/mol. The third-order valence-electron chi connectivity index (χ3n) is 3.92. The van der Waals surface area contributed by atoms with E-state index in [-0.39, 0.29) is 24.2 Å². The summed E-state index contributed by atoms with van der Waals surface area (Å²) in [6.45, 7) is 2.70. The Hall–Kier alpha value is -1.46. The van der Waals surface area contributed by atoms with Crippen molar-refractivity contribution < 1.29 is 14.3 Å². The van der Waals surface area contributed by atoms with E-state index in [0.717, 1.165) is 11.1 Å². The van der Waals surface area contributed by atoms with Crippen LogP contribution in [0.15, 0.2) is 18.2 Å². The van der Waals surface area contributed by atoms with Gasteiger partial charge in [0, 0.05) is 13.1 Å². The molecule has 1 amide bonds. The second kappa shape index (κ2) is 5.89. The van der Waals surface area contributed by atoms with E-state index < -0.39 is 6.10 Å². The zero-order chi connectivity index (χ0) is 14.9. The number of nitrogens with zero attached hydrogens (tertiary/aromatic N) is 2. The summed E-state index contributed by atoms with van der Waals surface area (Å²) in [5.74, 6) is -0.314. The Bertz CT molecular complexity index is 505. The predicted molar refractivity (Wildman–Crippen MR) is 74.9 cm³/mol. The maximum atomic E-state index is 13.0. The van der Waals surface area contributed by atoms with E-state index in [2.05, 4.69) is 0 Å². The van der Waals surface area contributed by atoms with Crippen molar-refractivity contribution in [2.45, 2.75) is 25.5 Å². The molecular weight excluding hydrogens is 259 g/mol. The number of rotatable bonds is 3. The van der Waals surface area contributed by atoms with Crippen molar-refractivity contribution in [3.63, 3.8) is 0 Å². The SMILES string of the molecule is Cc1cc(F)ccc1CC(=O)N1C[C@H](O)[C@@H](N(C)C)C1. The minimum absolute atomic E-state index is 0.0201. The van der Waals surface area contributed by atoms with Gasteiger partial charge < -0.3 is 14.9 Å². The fourth-order valence-electron chi connectivity index (χ4n) is 2.61. The third-order valence-corrected chi connectivity index (χ3v) is 3.92. The minimum Gasteiger partial charge on any atom is -0.390 e. The van der Waals surface area contributed by atoms with Gasteiger partial charge in [0.25, 0.3) is 0 Å². The summed E-state index contributed by atoms with van der Waals surface area (Å²) in [6, 6.07) is 4.44. The molecule has 110 valence electrons. The van der Waals surface area contributed by atoms with Crippen molar-refractivity contribution in [1.29, 1.82) is 0 Å². The van der Waals surface area contributed by atoms with Gasteiger partial charge in [0.1, 0.15) is 5.82 Å². The molecule has 1 aromatic carbocycles. The highest BCUT2D eigenvalue weighted by Gasteiger charge is 2.35. The number of carbonyl (C=O) groups excluding carboxylic acids is 1. The van der Waals surface area contributed by atoms with Gasteiger partial charge in [-0.1, -0.05) is 6.07 Å². The van der Waals surface area contributed by atoms with Crippen LogP contribution in [0.3, 0.4) is 0 Å². The van der Waals surface area contributed by atoms with Crippen LogP contribution in [0.25, 0.3) is 0 Å². The lowest BCUT2D eigenvalue weighted by atomic mass is 10.1. The molecule has 1 N–H and O–H groups in total. The summed E-state index contributed by atoms with van der Waals surface area (Å²) >= 11 is 0. The van der Waals surface area contributed by atoms with E-state index in [9.17, 15) is 14.3 Å². The molecule has 1 aromatic rings. The van der Waals surface area contributed by atoms with Crippen molar-refractivity contribution >= 4 is 5.91 Å². The van der Waals surface area contributed by atoms with Crippen molar-refractivity contribution in [3.05, 3.63) is 35.1 Å². The molecule has 0 spiro atoms. The Balaban J connectivity index is 2.02. The zero-order valence-electron chi connectivity index (χ0n) is 12.1. The molecule has 1 aliphatic rings. The maximum Gasteiger partial charge on any atom is 0.227 e. The molecule has 0 bridgehead atoms. The molecule has 0 saturated carbocycles. The molecule has 4 nitrogen and oxygen atoms in total. The van der Waals surface area contributed by atoms with E-state index in [1.807, 2.05) is 19.0 Å². The van der Waals surface area contributed by atoms with E-state index in [1.165, 1.54) is 12.1 Å². The summed E-state index contributed by atoms with van der Waals surface area (Å²) < 4.78 is 13.0. The van der Waals surface area contributed by atoms with E-state index in [0.29, 0.717) is 13.1 Å². The predicted octanol–water partition coefficient (Wildman–Crippen LogP) is 0.810. The number of likely N-dealkylation sites (N-methyl/N-ethyl adjacent to an activating group) is 1. The molecule has 2 rings (SSSR count). The van der Waals surface area contributed by atoms with E-state index in [4.69, 9.17) is 0 Å². The van der Waals surface area contributed by atoms with Crippen LogP contribution in [0.5, 0.6) is 0 Å². The van der Waals surface area contributed by atoms with Gasteiger partial charge in [-0.25, -0.2) is 4.39 Å². The second-order valence-electron chi connectivity index (χ2n) is 5.64. The number of aryl methyl sites for hydroxylation is 1. The molecular formula is C15H21FN2O2. The number of β-amino-alcohol motifs (C(OH)–C–C–N with tert-alkyl or cyclic N) is 1. The van der Waals surface area contributed by atoms with E-state index >= 15 is 0 Å². The smallest absolute Gasteiger partial charge is 0.227 e. The number of benzene rings is 1. The number of likely N-dealkylation sites (tertiary alicyclic amines) is 1. The summed E-state index contributed by atoms with van der Waals surface area (Å²) in [6.07, 6.45) is -0.262. The molecule has 5 heteroatoms. The molecule has 0 aliphatic carbocycles. The van der Waals surface area contributed by atoms with Crippen LogP contribution >= 0.6 is 0 Å². The second-order valence-corrected chi connectivity index (χ2v) is 5.64. The highest BCUT2D eigenvalue weighted by atomic mass is 19.1. The summed E-state index contributed by atoms with van der Waals surface area (Å²) in [7, 11) is 3.79. The lowest BCUT2D eigenvalue weighted by Crippen LogP contribution is -2.38. The van der Waals surface area contributed by atoms with Crippen molar-refractivity contribution in [2.24, 2.45) is 0 Å². The molecule has 1 saturated heterocycles. The first-order valence-electron chi connectivity index (χ1n) is 6.75. The largest absolute Gasteiger partial charge is 0.390 e. The van der Waals surface area contributed by atoms with Crippen LogP contribution in [0, 0.1) is 12.7 Å². The summed E-state index contributed by atoms with van der Waals surface area (Å²) in [5.41, 5.74) is 1.61. The number of halogens is 1. The van der Waals surface area contributed by atoms with Crippen LogP contribution < -0.4 is 0 Å². The fourth-order valence-corrected chi connectivity index (χ4v) is 2.61. The first kappa shape index (κ1) is 14.9. The Kier molecular flexibility index (Phi) is 4.40. The highest BCUT2D eigenvalue weighted by Crippen LogP contribution is 2.17. The van der Waals surface area contributed by atoms with Crippen molar-refractivity contribution in [2.75, 3.05) is 27.2 Å². The third kappa shape index (κ3) is 3.16. The molecule has 0 unspecified atom stereocenters. The molecule has 0 radical (unpaired) electrons. The Morgan fingerprint density at radius 1 is 1.45 bits per heavy atom. The Morgan fingerprint density at radius 3 is 2.70 bits per heavy atom. The van der Waals surface area contributed by atoms with Gasteiger partial charge in [0.2, 0.25) is 5.91 Å². The summed E-state index contributed by atoms with van der Waals surface area (Å²) in [4.78, 5) is 15.9. The number of aliphatic hydroxyl groups is 1. The van der Waals surface area contributed by atoms with Gasteiger partial charge in [0.05, 0.1) is 18.6 Å². The van der Waals surface area contributed by atoms with Crippen molar-refractivity contribution in [3.8, 4) is 0 Å². The number of amides is 1. The summed E-state index contributed by atoms with van der Waals surface area (Å²) in [5, 5.41) is 9.95. The number of aliphatic hydroxyl groups excluding tert-OH is 1. The van der Waals surface area contributed by atoms with Crippen molar-refractivity contribution in [1.82, 2.24) is 9.80 Å². The highest BCUT2D eigenvalue weighted by molar-refractivity contribution is 5.79. The topological polar surface area (TPSA) is 43.8 Å². The van der Waals surface area contributed by atoms with Crippen LogP contribution in [0.4, 0.5) is 4.39 Å². The van der Waals surface area contributed by atoms with Crippen LogP contribution in [0.1, 0.15) is 11.1 Å². The van der Waals surface area contributed by atoms with Gasteiger partial charge in [-0.3, -0.25) is 4.79 Å². The quantitative estimate of drug-likeness (QED) is 0.891. The molecule has 1 heterocycles. The minimum atomic E-state index is -0.511. The normalized spacial score (nSPS) is 22.6. The first-order chi connectivity index (χ1) is 9.38. The Morgan fingerprint density at radius 2 is 2.15 bits per heavy atom. The van der Waals surface area contributed by atoms with Crippen LogP contribution in [-0.2, 0) is 11.2 Å². The lowest BCUT2D eigenvalue weighted by molar-refractivity contribution is -0.129. The van der Waals surface area contributed by atoms with Gasteiger partial charge in [-0.15, -0.1) is 0 Å². The first-order valence-corrected chi connectivity index (χ1v) is 6.75. The molecule has 0 aromatic heterocycles. The molecule has 1 fully saturated rings. The van der Waals surface area contributed by atoms with Crippen LogP contribution in [-0.4, -0.2) is 60.1 Å². The Labute approximate surface area is 118 Å². The number of hydrogen-bond donors (Lipinski definition) is 1. The standard InChI is InChI=1S/C15H21FN2O2/c1-10-6-12(16)5-4-11(10)7-15(20)18-8-13(17(2)3)14(19)9-18/h4-6,13-14,19H,7-9H2,1-3H3/t13-,14-/m0/s1. The van der Waals surface area contributed by atoms with Gasteiger partial charge in [-0.2, -0.15) is 0 Å². The zero-order valence-corrected chi connectivity index (χ0v) is 12.1. The van der Waals surface area contributed by atoms with E-state index in [1.54, 1.807) is 17.9 Å². The number of carbonyl (C=O) groups is 1. The average molecular weight is 280 g/mol. The maximum absolute atomic E-state index is 13.0. The van der Waals surface area contributed by atoms with Gasteiger partial charge >= 0.3 is 0 Å². The average Bonchev–Trinajstić information content (AvgIpc) is 2.75. The van der Waals surface area contributed by atoms with Gasteiger partial charge in [-0.05, 0) is 44.3 Å². The molecule has 20 heavy (non-hydrogen) atoms. The van der Waals surface area contributed by atoms with Gasteiger partial charge in [0.15, 0.2) is 0 Å². The molecule has 2 atom stereocenters. The number of hydrogen-bond acceptors (Lipinski definition) is 3. The van der Waals surface area contributed by atoms with Crippen LogP contribution in [0.2, 0.25) is 0 Å². The lowest BCUT2D eigenvalue weighted by Gasteiger charge is -2.21.